The fourth-order valence-corrected chi connectivity index (χ4v) is 3.58. The van der Waals surface area contributed by atoms with E-state index in [4.69, 9.17) is 9.15 Å². The lowest BCUT2D eigenvalue weighted by molar-refractivity contribution is -0.116. The molecule has 0 aliphatic rings. The van der Waals surface area contributed by atoms with Crippen molar-refractivity contribution in [2.45, 2.75) is 11.4 Å². The van der Waals surface area contributed by atoms with Gasteiger partial charge in [0.05, 0.1) is 23.2 Å². The van der Waals surface area contributed by atoms with Crippen molar-refractivity contribution in [3.8, 4) is 5.75 Å². The highest BCUT2D eigenvalue weighted by Crippen LogP contribution is 2.28. The number of carbonyl (C=O) groups is 1. The standard InChI is InChI=1S/C18H19N3O6S/c1-20(2)28(24,25)12-8-9-15(26-3)13(10-12)19-17(22)11-21-14-6-4-5-7-16(14)27-18(21)23/h4-10H,11H2,1-3H3,(H,19,22). The highest BCUT2D eigenvalue weighted by Gasteiger charge is 2.20. The maximum absolute atomic E-state index is 12.5. The number of sulfonamides is 1. The van der Waals surface area contributed by atoms with Gasteiger partial charge in [0, 0.05) is 14.1 Å². The fourth-order valence-electron chi connectivity index (χ4n) is 2.65. The maximum Gasteiger partial charge on any atom is 0.420 e. The monoisotopic (exact) mass is 405 g/mol. The summed E-state index contributed by atoms with van der Waals surface area (Å²) in [6.45, 7) is -0.302. The lowest BCUT2D eigenvalue weighted by atomic mass is 10.3. The Hall–Kier alpha value is -3.11. The van der Waals surface area contributed by atoms with Gasteiger partial charge >= 0.3 is 5.76 Å². The molecule has 9 nitrogen and oxygen atoms in total. The van der Waals surface area contributed by atoms with Gasteiger partial charge in [-0.15, -0.1) is 0 Å². The highest BCUT2D eigenvalue weighted by molar-refractivity contribution is 7.89. The summed E-state index contributed by atoms with van der Waals surface area (Å²) in [6, 6.07) is 10.9. The van der Waals surface area contributed by atoms with E-state index in [1.807, 2.05) is 0 Å². The van der Waals surface area contributed by atoms with Crippen molar-refractivity contribution < 1.29 is 22.4 Å². The number of aromatic nitrogens is 1. The number of rotatable bonds is 6. The third-order valence-corrected chi connectivity index (χ3v) is 5.91. The first-order valence-corrected chi connectivity index (χ1v) is 9.67. The average Bonchev–Trinajstić information content (AvgIpc) is 2.97. The number of oxazole rings is 1. The molecule has 0 radical (unpaired) electrons. The number of hydrogen-bond donors (Lipinski definition) is 1. The first kappa shape index (κ1) is 19.6. The largest absolute Gasteiger partial charge is 0.495 e. The van der Waals surface area contributed by atoms with Crippen molar-refractivity contribution >= 4 is 32.7 Å². The van der Waals surface area contributed by atoms with Crippen LogP contribution in [0.2, 0.25) is 0 Å². The molecule has 0 aliphatic carbocycles. The quantitative estimate of drug-likeness (QED) is 0.665. The van der Waals surface area contributed by atoms with Crippen LogP contribution in [0.5, 0.6) is 5.75 Å². The summed E-state index contributed by atoms with van der Waals surface area (Å²) < 4.78 is 37.2. The van der Waals surface area contributed by atoms with E-state index < -0.39 is 21.7 Å². The second kappa shape index (κ2) is 7.49. The second-order valence-electron chi connectivity index (χ2n) is 6.12. The van der Waals surface area contributed by atoms with Crippen molar-refractivity contribution in [2.75, 3.05) is 26.5 Å². The van der Waals surface area contributed by atoms with Gasteiger partial charge in [0.25, 0.3) is 0 Å². The summed E-state index contributed by atoms with van der Waals surface area (Å²) in [5, 5.41) is 2.59. The van der Waals surface area contributed by atoms with Gasteiger partial charge in [0.1, 0.15) is 12.3 Å². The van der Waals surface area contributed by atoms with E-state index in [9.17, 15) is 18.0 Å². The maximum atomic E-state index is 12.5. The summed E-state index contributed by atoms with van der Waals surface area (Å²) in [5.74, 6) is -0.908. The van der Waals surface area contributed by atoms with Crippen molar-refractivity contribution in [1.82, 2.24) is 8.87 Å². The van der Waals surface area contributed by atoms with Gasteiger partial charge in [0.15, 0.2) is 5.58 Å². The molecule has 0 spiro atoms. The fraction of sp³-hybridized carbons (Fsp3) is 0.222. The Morgan fingerprint density at radius 3 is 2.61 bits per heavy atom. The molecule has 148 valence electrons. The van der Waals surface area contributed by atoms with Crippen LogP contribution in [0.15, 0.2) is 56.6 Å². The predicted molar refractivity (Wildman–Crippen MR) is 103 cm³/mol. The lowest BCUT2D eigenvalue weighted by Gasteiger charge is -2.15. The van der Waals surface area contributed by atoms with Crippen molar-refractivity contribution in [1.29, 1.82) is 0 Å². The smallest absolute Gasteiger partial charge is 0.420 e. The van der Waals surface area contributed by atoms with Crippen LogP contribution in [0.4, 0.5) is 5.69 Å². The molecule has 3 rings (SSSR count). The number of nitrogens with one attached hydrogen (secondary N) is 1. The van der Waals surface area contributed by atoms with Crippen LogP contribution in [0.3, 0.4) is 0 Å². The molecular formula is C18H19N3O6S. The first-order valence-electron chi connectivity index (χ1n) is 8.23. The molecule has 1 aromatic heterocycles. The van der Waals surface area contributed by atoms with Crippen LogP contribution in [0.25, 0.3) is 11.1 Å². The Labute approximate surface area is 161 Å². The summed E-state index contributed by atoms with van der Waals surface area (Å²) in [5.41, 5.74) is 1.03. The van der Waals surface area contributed by atoms with Gasteiger partial charge in [-0.05, 0) is 30.3 Å². The van der Waals surface area contributed by atoms with E-state index in [0.717, 1.165) is 4.31 Å². The van der Waals surface area contributed by atoms with Crippen molar-refractivity contribution in [3.63, 3.8) is 0 Å². The minimum absolute atomic E-state index is 0.000437. The van der Waals surface area contributed by atoms with Gasteiger partial charge < -0.3 is 14.5 Å². The van der Waals surface area contributed by atoms with Crippen LogP contribution in [-0.2, 0) is 21.4 Å². The number of benzene rings is 2. The first-order chi connectivity index (χ1) is 13.2. The number of anilines is 1. The third kappa shape index (κ3) is 3.64. The van der Waals surface area contributed by atoms with E-state index in [0.29, 0.717) is 11.1 Å². The van der Waals surface area contributed by atoms with Crippen LogP contribution >= 0.6 is 0 Å². The summed E-state index contributed by atoms with van der Waals surface area (Å²) in [4.78, 5) is 24.5. The highest BCUT2D eigenvalue weighted by atomic mass is 32.2. The normalized spacial score (nSPS) is 11.7. The van der Waals surface area contributed by atoms with Gasteiger partial charge in [-0.1, -0.05) is 12.1 Å². The van der Waals surface area contributed by atoms with E-state index in [-0.39, 0.29) is 22.9 Å². The van der Waals surface area contributed by atoms with Gasteiger partial charge in [0.2, 0.25) is 15.9 Å². The van der Waals surface area contributed by atoms with Gasteiger partial charge in [-0.25, -0.2) is 17.5 Å². The molecule has 10 heteroatoms. The zero-order valence-electron chi connectivity index (χ0n) is 15.5. The van der Waals surface area contributed by atoms with Gasteiger partial charge in [-0.3, -0.25) is 9.36 Å². The predicted octanol–water partition coefficient (Wildman–Crippen LogP) is 1.49. The molecule has 1 amide bonds. The molecule has 2 aromatic carbocycles. The molecule has 0 bridgehead atoms. The number of nitrogens with zero attached hydrogens (tertiary/aromatic N) is 2. The zero-order valence-corrected chi connectivity index (χ0v) is 16.3. The summed E-state index contributed by atoms with van der Waals surface area (Å²) >= 11 is 0. The van der Waals surface area contributed by atoms with Gasteiger partial charge in [-0.2, -0.15) is 0 Å². The summed E-state index contributed by atoms with van der Waals surface area (Å²) in [7, 11) is 0.535. The Morgan fingerprint density at radius 1 is 1.21 bits per heavy atom. The molecule has 28 heavy (non-hydrogen) atoms. The third-order valence-electron chi connectivity index (χ3n) is 4.10. The Bertz CT molecular complexity index is 1190. The number of ether oxygens (including phenoxy) is 1. The Balaban J connectivity index is 1.91. The van der Waals surface area contributed by atoms with Crippen LogP contribution < -0.4 is 15.8 Å². The number of hydrogen-bond acceptors (Lipinski definition) is 6. The Kier molecular flexibility index (Phi) is 5.25. The number of carbonyl (C=O) groups excluding carboxylic acids is 1. The summed E-state index contributed by atoms with van der Waals surface area (Å²) in [6.07, 6.45) is 0. The average molecular weight is 405 g/mol. The number of fused-ring (bicyclic) bond motifs is 1. The molecule has 0 saturated carbocycles. The molecule has 3 aromatic rings. The molecule has 1 N–H and O–H groups in total. The van der Waals surface area contributed by atoms with Crippen molar-refractivity contribution in [2.24, 2.45) is 0 Å². The van der Waals surface area contributed by atoms with E-state index >= 15 is 0 Å². The van der Waals surface area contributed by atoms with E-state index in [1.165, 1.54) is 44.0 Å². The van der Waals surface area contributed by atoms with Crippen LogP contribution in [0.1, 0.15) is 0 Å². The van der Waals surface area contributed by atoms with Crippen LogP contribution in [-0.4, -0.2) is 44.4 Å². The molecule has 0 unspecified atom stereocenters. The molecule has 0 fully saturated rings. The molecule has 0 saturated heterocycles. The minimum Gasteiger partial charge on any atom is -0.495 e. The van der Waals surface area contributed by atoms with Crippen molar-refractivity contribution in [3.05, 3.63) is 53.0 Å². The molecule has 1 heterocycles. The number of methoxy groups -OCH3 is 1. The lowest BCUT2D eigenvalue weighted by Crippen LogP contribution is -2.25. The number of amides is 1. The molecular weight excluding hydrogens is 386 g/mol. The van der Waals surface area contributed by atoms with E-state index in [2.05, 4.69) is 5.32 Å². The number of para-hydroxylation sites is 2. The second-order valence-corrected chi connectivity index (χ2v) is 8.27. The topological polar surface area (TPSA) is 111 Å². The SMILES string of the molecule is COc1ccc(S(=O)(=O)N(C)C)cc1NC(=O)Cn1c(=O)oc2ccccc21. The van der Waals surface area contributed by atoms with E-state index in [1.54, 1.807) is 24.3 Å². The zero-order chi connectivity index (χ0) is 20.5. The van der Waals surface area contributed by atoms with Crippen LogP contribution in [0, 0.1) is 0 Å². The minimum atomic E-state index is -3.69. The molecule has 0 aliphatic heterocycles. The molecule has 0 atom stereocenters. The Morgan fingerprint density at radius 2 is 1.93 bits per heavy atom.